The second-order valence-corrected chi connectivity index (χ2v) is 13.1. The Morgan fingerprint density at radius 1 is 1.18 bits per heavy atom. The Labute approximate surface area is 206 Å². The molecule has 34 heavy (non-hydrogen) atoms. The third-order valence-corrected chi connectivity index (χ3v) is 7.86. The first kappa shape index (κ1) is 26.4. The zero-order valence-corrected chi connectivity index (χ0v) is 22.1. The number of benzene rings is 1. The average Bonchev–Trinajstić information content (AvgIpc) is 3.02. The molecule has 1 saturated heterocycles. The SMILES string of the molecule is COC(=O)C#Cc1ccc2c(c1)[C@@H](N[S@+]([O-])C(C)(C)C)C1(CCN(C(=O)OC(C)(C)C)CC1)C2. The van der Waals surface area contributed by atoms with Crippen molar-refractivity contribution in [3.05, 3.63) is 34.9 Å². The molecule has 0 saturated carbocycles. The first-order valence-corrected chi connectivity index (χ1v) is 12.8. The van der Waals surface area contributed by atoms with E-state index in [1.54, 1.807) is 4.90 Å². The van der Waals surface area contributed by atoms with Gasteiger partial charge >= 0.3 is 12.1 Å². The first-order valence-electron chi connectivity index (χ1n) is 11.6. The van der Waals surface area contributed by atoms with E-state index in [9.17, 15) is 14.1 Å². The largest absolute Gasteiger partial charge is 0.598 e. The van der Waals surface area contributed by atoms with Crippen molar-refractivity contribution in [2.45, 2.75) is 77.2 Å². The number of amides is 1. The molecule has 1 aromatic carbocycles. The standard InChI is InChI=1S/C26H36N2O5S/c1-24(2,3)33-23(30)28-14-12-26(13-15-28)17-19-10-8-18(9-11-21(29)32-7)16-20(19)22(26)27-34(31)25(4,5)6/h8,10,16,22,27H,12-15,17H2,1-7H3/t22-,34-/m1/s1. The van der Waals surface area contributed by atoms with Gasteiger partial charge in [-0.15, -0.1) is 4.72 Å². The van der Waals surface area contributed by atoms with E-state index in [0.29, 0.717) is 18.7 Å². The van der Waals surface area contributed by atoms with Gasteiger partial charge < -0.3 is 18.9 Å². The molecule has 1 aliphatic heterocycles. The summed E-state index contributed by atoms with van der Waals surface area (Å²) >= 11 is -1.28. The van der Waals surface area contributed by atoms with Gasteiger partial charge in [0.25, 0.3) is 0 Å². The fraction of sp³-hybridized carbons (Fsp3) is 0.615. The van der Waals surface area contributed by atoms with Crippen molar-refractivity contribution < 1.29 is 23.6 Å². The predicted octanol–water partition coefficient (Wildman–Crippen LogP) is 3.88. The van der Waals surface area contributed by atoms with E-state index >= 15 is 0 Å². The van der Waals surface area contributed by atoms with Gasteiger partial charge in [-0.3, -0.25) is 0 Å². The van der Waals surface area contributed by atoms with Gasteiger partial charge in [-0.25, -0.2) is 9.59 Å². The number of carbonyl (C=O) groups is 2. The van der Waals surface area contributed by atoms with Crippen LogP contribution in [-0.4, -0.2) is 52.1 Å². The van der Waals surface area contributed by atoms with E-state index in [-0.39, 0.29) is 17.6 Å². The highest BCUT2D eigenvalue weighted by Crippen LogP contribution is 2.53. The van der Waals surface area contributed by atoms with Crippen molar-refractivity contribution in [3.8, 4) is 11.8 Å². The smallest absolute Gasteiger partial charge is 0.410 e. The number of nitrogens with zero attached hydrogens (tertiary/aromatic N) is 1. The van der Waals surface area contributed by atoms with Crippen LogP contribution in [0.5, 0.6) is 0 Å². The van der Waals surface area contributed by atoms with E-state index in [1.165, 1.54) is 12.7 Å². The quantitative estimate of drug-likeness (QED) is 0.386. The number of esters is 1. The summed E-state index contributed by atoms with van der Waals surface area (Å²) in [5.74, 6) is 4.76. The summed E-state index contributed by atoms with van der Waals surface area (Å²) in [5, 5.41) is 0. The maximum absolute atomic E-state index is 13.2. The molecule has 1 spiro atoms. The Morgan fingerprint density at radius 2 is 1.82 bits per heavy atom. The lowest BCUT2D eigenvalue weighted by atomic mass is 9.73. The van der Waals surface area contributed by atoms with Gasteiger partial charge in [-0.05, 0) is 84.1 Å². The van der Waals surface area contributed by atoms with Crippen molar-refractivity contribution >= 4 is 23.4 Å². The molecule has 1 amide bonds. The summed E-state index contributed by atoms with van der Waals surface area (Å²) in [6.45, 7) is 12.6. The van der Waals surface area contributed by atoms with E-state index in [0.717, 1.165) is 24.8 Å². The van der Waals surface area contributed by atoms with Crippen LogP contribution < -0.4 is 4.72 Å². The fourth-order valence-corrected chi connectivity index (χ4v) is 5.43. The Bertz CT molecular complexity index is 991. The highest BCUT2D eigenvalue weighted by atomic mass is 32.2. The van der Waals surface area contributed by atoms with E-state index < -0.39 is 27.7 Å². The molecule has 1 fully saturated rings. The zero-order chi connectivity index (χ0) is 25.3. The molecule has 1 heterocycles. The molecular formula is C26H36N2O5S. The number of methoxy groups -OCH3 is 1. The first-order chi connectivity index (χ1) is 15.7. The van der Waals surface area contributed by atoms with Gasteiger partial charge in [-0.2, -0.15) is 0 Å². The molecule has 2 aliphatic rings. The van der Waals surface area contributed by atoms with Gasteiger partial charge in [-0.1, -0.05) is 12.0 Å². The molecule has 1 N–H and O–H groups in total. The second-order valence-electron chi connectivity index (χ2n) is 11.1. The van der Waals surface area contributed by atoms with Crippen LogP contribution in [0.1, 0.15) is 77.1 Å². The summed E-state index contributed by atoms with van der Waals surface area (Å²) in [6, 6.07) is 5.78. The molecule has 186 valence electrons. The van der Waals surface area contributed by atoms with Gasteiger partial charge in [0.2, 0.25) is 0 Å². The number of piperidine rings is 1. The molecule has 1 aliphatic carbocycles. The Kier molecular flexibility index (Phi) is 7.61. The van der Waals surface area contributed by atoms with Crippen molar-refractivity contribution in [2.75, 3.05) is 20.2 Å². The highest BCUT2D eigenvalue weighted by Gasteiger charge is 2.51. The van der Waals surface area contributed by atoms with Crippen molar-refractivity contribution in [3.63, 3.8) is 0 Å². The van der Waals surface area contributed by atoms with Crippen LogP contribution in [0.2, 0.25) is 0 Å². The normalized spacial score (nSPS) is 20.2. The lowest BCUT2D eigenvalue weighted by Gasteiger charge is -2.43. The van der Waals surface area contributed by atoms with Crippen LogP contribution in [0, 0.1) is 17.3 Å². The topological polar surface area (TPSA) is 90.9 Å². The number of rotatable bonds is 2. The van der Waals surface area contributed by atoms with Crippen LogP contribution in [0.25, 0.3) is 0 Å². The number of likely N-dealkylation sites (tertiary alicyclic amines) is 1. The minimum atomic E-state index is -1.28. The third-order valence-electron chi connectivity index (χ3n) is 6.30. The summed E-state index contributed by atoms with van der Waals surface area (Å²) in [5.41, 5.74) is 2.24. The Morgan fingerprint density at radius 3 is 2.38 bits per heavy atom. The predicted molar refractivity (Wildman–Crippen MR) is 132 cm³/mol. The van der Waals surface area contributed by atoms with E-state index in [1.807, 2.05) is 59.7 Å². The molecule has 0 aromatic heterocycles. The summed E-state index contributed by atoms with van der Waals surface area (Å²) in [7, 11) is 1.30. The fourth-order valence-electron chi connectivity index (χ4n) is 4.49. The number of nitrogens with one attached hydrogen (secondary N) is 1. The maximum Gasteiger partial charge on any atom is 0.410 e. The highest BCUT2D eigenvalue weighted by molar-refractivity contribution is 7.90. The average molecular weight is 489 g/mol. The van der Waals surface area contributed by atoms with Crippen LogP contribution in [0.4, 0.5) is 4.79 Å². The molecule has 3 rings (SSSR count). The summed E-state index contributed by atoms with van der Waals surface area (Å²) in [4.78, 5) is 25.8. The number of ether oxygens (including phenoxy) is 2. The molecule has 0 radical (unpaired) electrons. The molecule has 8 heteroatoms. The van der Waals surface area contributed by atoms with Crippen LogP contribution >= 0.6 is 0 Å². The number of fused-ring (bicyclic) bond motifs is 1. The zero-order valence-electron chi connectivity index (χ0n) is 21.2. The minimum Gasteiger partial charge on any atom is -0.598 e. The third kappa shape index (κ3) is 6.07. The van der Waals surface area contributed by atoms with Crippen molar-refractivity contribution in [1.29, 1.82) is 0 Å². The molecular weight excluding hydrogens is 452 g/mol. The van der Waals surface area contributed by atoms with E-state index in [2.05, 4.69) is 21.3 Å². The lowest BCUT2D eigenvalue weighted by molar-refractivity contribution is -0.133. The van der Waals surface area contributed by atoms with E-state index in [4.69, 9.17) is 4.74 Å². The molecule has 1 aromatic rings. The molecule has 0 bridgehead atoms. The van der Waals surface area contributed by atoms with Crippen molar-refractivity contribution in [1.82, 2.24) is 9.62 Å². The molecule has 2 atom stereocenters. The Balaban J connectivity index is 1.88. The van der Waals surface area contributed by atoms with Gasteiger partial charge in [0.05, 0.1) is 13.2 Å². The lowest BCUT2D eigenvalue weighted by Crippen LogP contribution is -2.51. The van der Waals surface area contributed by atoms with Crippen LogP contribution in [0.3, 0.4) is 0 Å². The molecule has 7 nitrogen and oxygen atoms in total. The summed E-state index contributed by atoms with van der Waals surface area (Å²) < 4.78 is 26.3. The second kappa shape index (κ2) is 9.80. The van der Waals surface area contributed by atoms with Gasteiger partial charge in [0.1, 0.15) is 10.3 Å². The van der Waals surface area contributed by atoms with Crippen molar-refractivity contribution in [2.24, 2.45) is 5.41 Å². The Hall–Kier alpha value is -2.21. The minimum absolute atomic E-state index is 0.150. The van der Waals surface area contributed by atoms with Gasteiger partial charge in [0.15, 0.2) is 0 Å². The number of hydrogen-bond acceptors (Lipinski definition) is 6. The monoisotopic (exact) mass is 488 g/mol. The van der Waals surface area contributed by atoms with Crippen LogP contribution in [-0.2, 0) is 32.1 Å². The molecule has 0 unspecified atom stereocenters. The van der Waals surface area contributed by atoms with Gasteiger partial charge in [0, 0.05) is 41.4 Å². The summed E-state index contributed by atoms with van der Waals surface area (Å²) in [6.07, 6.45) is 2.07. The maximum atomic E-state index is 13.2. The number of carbonyl (C=O) groups excluding carboxylic acids is 2. The number of hydrogen-bond donors (Lipinski definition) is 1. The van der Waals surface area contributed by atoms with Crippen LogP contribution in [0.15, 0.2) is 18.2 Å².